The molecule has 15 heteroatoms. The number of amides is 1. The van der Waals surface area contributed by atoms with E-state index in [0.717, 1.165) is 18.1 Å². The monoisotopic (exact) mass is 468 g/mol. The summed E-state index contributed by atoms with van der Waals surface area (Å²) in [6.07, 6.45) is 0. The Morgan fingerprint density at radius 3 is 2.31 bits per heavy atom. The third kappa shape index (κ3) is 4.85. The van der Waals surface area contributed by atoms with Gasteiger partial charge >= 0.3 is 5.97 Å². The first kappa shape index (κ1) is 23.1. The number of benzene rings is 1. The molecule has 0 saturated carbocycles. The summed E-state index contributed by atoms with van der Waals surface area (Å²) in [6.45, 7) is -0.690. The van der Waals surface area contributed by atoms with Crippen LogP contribution in [-0.4, -0.2) is 65.5 Å². The molecule has 0 aliphatic carbocycles. The molecule has 1 aliphatic rings. The zero-order chi connectivity index (χ0) is 22.1. The fourth-order valence-electron chi connectivity index (χ4n) is 2.57. The van der Waals surface area contributed by atoms with E-state index in [-0.39, 0.29) is 36.7 Å². The third-order valence-corrected chi connectivity index (χ3v) is 6.19. The summed E-state index contributed by atoms with van der Waals surface area (Å²) < 4.78 is 51.8. The molecule has 0 fully saturated rings. The van der Waals surface area contributed by atoms with E-state index < -0.39 is 46.7 Å². The minimum atomic E-state index is -4.50. The first-order valence-electron chi connectivity index (χ1n) is 7.69. The quantitative estimate of drug-likeness (QED) is 0.337. The molecule has 1 amide bonds. The molecule has 0 aromatic heterocycles. The van der Waals surface area contributed by atoms with E-state index in [9.17, 15) is 26.4 Å². The maximum atomic E-state index is 12.6. The molecule has 6 N–H and O–H groups in total. The van der Waals surface area contributed by atoms with Crippen molar-refractivity contribution in [3.05, 3.63) is 28.4 Å². The minimum Gasteiger partial charge on any atom is -0.466 e. The van der Waals surface area contributed by atoms with Gasteiger partial charge in [-0.1, -0.05) is 11.6 Å². The highest BCUT2D eigenvalue weighted by atomic mass is 35.5. The van der Waals surface area contributed by atoms with Crippen LogP contribution in [0.2, 0.25) is 5.02 Å². The van der Waals surface area contributed by atoms with Crippen molar-refractivity contribution in [3.8, 4) is 0 Å². The number of carbonyl (C=O) groups is 2. The molecule has 0 unspecified atom stereocenters. The number of hydrogen-bond acceptors (Lipinski definition) is 9. The number of aliphatic hydroxyl groups excluding tert-OH is 1. The van der Waals surface area contributed by atoms with Gasteiger partial charge in [0.1, 0.15) is 15.5 Å². The second-order valence-corrected chi connectivity index (χ2v) is 9.26. The van der Waals surface area contributed by atoms with Crippen molar-refractivity contribution in [1.29, 1.82) is 0 Å². The van der Waals surface area contributed by atoms with Crippen LogP contribution in [0, 0.1) is 0 Å². The summed E-state index contributed by atoms with van der Waals surface area (Å²) in [5, 5.41) is 21.2. The van der Waals surface area contributed by atoms with Crippen LogP contribution in [0.3, 0.4) is 0 Å². The van der Waals surface area contributed by atoms with Crippen LogP contribution < -0.4 is 15.6 Å². The summed E-state index contributed by atoms with van der Waals surface area (Å²) in [4.78, 5) is 24.3. The Morgan fingerprint density at radius 1 is 1.24 bits per heavy atom. The van der Waals surface area contributed by atoms with Gasteiger partial charge in [0.05, 0.1) is 36.5 Å². The lowest BCUT2D eigenvalue weighted by Crippen LogP contribution is -2.31. The summed E-state index contributed by atoms with van der Waals surface area (Å²) >= 11 is 5.89. The van der Waals surface area contributed by atoms with Crippen molar-refractivity contribution in [2.24, 2.45) is 10.3 Å². The van der Waals surface area contributed by atoms with Crippen molar-refractivity contribution < 1.29 is 36.3 Å². The average Bonchev–Trinajstić information content (AvgIpc) is 2.89. The van der Waals surface area contributed by atoms with Gasteiger partial charge in [0.15, 0.2) is 0 Å². The molecule has 1 aromatic rings. The number of sulfonamides is 2. The normalized spacial score (nSPS) is 15.1. The summed E-state index contributed by atoms with van der Waals surface area (Å²) in [5.41, 5.74) is -0.840. The number of esters is 1. The Labute approximate surface area is 171 Å². The second kappa shape index (κ2) is 8.25. The largest absolute Gasteiger partial charge is 0.466 e. The van der Waals surface area contributed by atoms with Gasteiger partial charge in [-0.3, -0.25) is 4.79 Å². The lowest BCUT2D eigenvalue weighted by Gasteiger charge is -2.16. The second-order valence-electron chi connectivity index (χ2n) is 5.79. The van der Waals surface area contributed by atoms with Crippen LogP contribution in [0.1, 0.15) is 0 Å². The summed E-state index contributed by atoms with van der Waals surface area (Å²) in [5.74, 6) is -1.60. The molecule has 1 aromatic carbocycles. The third-order valence-electron chi connectivity index (χ3n) is 3.86. The molecule has 160 valence electrons. The van der Waals surface area contributed by atoms with E-state index in [1.54, 1.807) is 0 Å². The van der Waals surface area contributed by atoms with E-state index in [2.05, 4.69) is 10.1 Å². The molecule has 0 atom stereocenters. The molecule has 0 bridgehead atoms. The number of primary sulfonamides is 2. The fraction of sp³-hybridized carbons (Fsp3) is 0.286. The van der Waals surface area contributed by atoms with Crippen LogP contribution in [0.5, 0.6) is 0 Å². The molecule has 0 saturated heterocycles. The first-order valence-corrected chi connectivity index (χ1v) is 11.2. The van der Waals surface area contributed by atoms with Gasteiger partial charge in [0, 0.05) is 6.54 Å². The SMILES string of the molecule is COC(=O)C1=C(Nc2cc(Cl)c(S(N)(=O)=O)cc2S(N)(=O)=O)C(=O)N(CCO)C1. The molecular weight excluding hydrogens is 452 g/mol. The lowest BCUT2D eigenvalue weighted by molar-refractivity contribution is -0.136. The van der Waals surface area contributed by atoms with Gasteiger partial charge in [0.2, 0.25) is 20.0 Å². The molecule has 1 heterocycles. The van der Waals surface area contributed by atoms with Crippen LogP contribution >= 0.6 is 11.6 Å². The zero-order valence-electron chi connectivity index (χ0n) is 14.9. The summed E-state index contributed by atoms with van der Waals surface area (Å²) in [7, 11) is -7.81. The van der Waals surface area contributed by atoms with Gasteiger partial charge in [-0.15, -0.1) is 0 Å². The van der Waals surface area contributed by atoms with E-state index in [1.807, 2.05) is 0 Å². The number of halogens is 1. The highest BCUT2D eigenvalue weighted by Gasteiger charge is 2.35. The molecule has 29 heavy (non-hydrogen) atoms. The zero-order valence-corrected chi connectivity index (χ0v) is 17.3. The number of β-amino-alcohol motifs (C(OH)–C–C–N with tert-alkyl or cyclic N) is 1. The Balaban J connectivity index is 2.66. The maximum Gasteiger partial charge on any atom is 0.337 e. The predicted molar refractivity (Wildman–Crippen MR) is 101 cm³/mol. The van der Waals surface area contributed by atoms with Crippen molar-refractivity contribution >= 4 is 49.2 Å². The summed E-state index contributed by atoms with van der Waals surface area (Å²) in [6, 6.07) is 1.53. The Morgan fingerprint density at radius 2 is 1.83 bits per heavy atom. The predicted octanol–water partition coefficient (Wildman–Crippen LogP) is -1.69. The van der Waals surface area contributed by atoms with Crippen LogP contribution in [-0.2, 0) is 34.4 Å². The molecule has 0 radical (unpaired) electrons. The molecule has 1 aliphatic heterocycles. The number of ether oxygens (including phenoxy) is 1. The van der Waals surface area contributed by atoms with Gasteiger partial charge in [-0.25, -0.2) is 31.9 Å². The number of nitrogens with one attached hydrogen (secondary N) is 1. The van der Waals surface area contributed by atoms with Crippen molar-refractivity contribution in [3.63, 3.8) is 0 Å². The Kier molecular flexibility index (Phi) is 6.56. The van der Waals surface area contributed by atoms with E-state index in [1.165, 1.54) is 0 Å². The molecular formula is C14H17ClN4O8S2. The van der Waals surface area contributed by atoms with E-state index in [4.69, 9.17) is 27.0 Å². The van der Waals surface area contributed by atoms with E-state index >= 15 is 0 Å². The highest BCUT2D eigenvalue weighted by Crippen LogP contribution is 2.33. The lowest BCUT2D eigenvalue weighted by atomic mass is 10.2. The number of hydrogen-bond donors (Lipinski definition) is 4. The number of nitrogens with two attached hydrogens (primary N) is 2. The average molecular weight is 469 g/mol. The topological polar surface area (TPSA) is 199 Å². The van der Waals surface area contributed by atoms with Crippen LogP contribution in [0.4, 0.5) is 5.69 Å². The maximum absolute atomic E-state index is 12.6. The fourth-order valence-corrected chi connectivity index (χ4v) is 4.44. The smallest absolute Gasteiger partial charge is 0.337 e. The standard InChI is InChI=1S/C14H17ClN4O8S2/c1-27-14(22)7-6-19(2-3-20)13(21)12(7)18-9-4-8(15)10(28(16,23)24)5-11(9)29(17,25)26/h4-5,18,20H,2-3,6H2,1H3,(H2,16,23,24)(H2,17,25,26). The number of anilines is 1. The van der Waals surface area contributed by atoms with Crippen LogP contribution in [0.15, 0.2) is 33.2 Å². The number of aliphatic hydroxyl groups is 1. The minimum absolute atomic E-state index is 0.0995. The van der Waals surface area contributed by atoms with Crippen molar-refractivity contribution in [2.75, 3.05) is 32.1 Å². The van der Waals surface area contributed by atoms with Crippen molar-refractivity contribution in [2.45, 2.75) is 9.79 Å². The van der Waals surface area contributed by atoms with E-state index in [0.29, 0.717) is 6.07 Å². The molecule has 0 spiro atoms. The molecule has 12 nitrogen and oxygen atoms in total. The first-order chi connectivity index (χ1) is 13.3. The molecule has 2 rings (SSSR count). The number of methoxy groups -OCH3 is 1. The van der Waals surface area contributed by atoms with Gasteiger partial charge in [-0.2, -0.15) is 0 Å². The Hall–Kier alpha value is -2.23. The van der Waals surface area contributed by atoms with Crippen molar-refractivity contribution in [1.82, 2.24) is 4.90 Å². The van der Waals surface area contributed by atoms with Gasteiger partial charge in [-0.05, 0) is 12.1 Å². The number of rotatable bonds is 7. The highest BCUT2D eigenvalue weighted by molar-refractivity contribution is 7.90. The van der Waals surface area contributed by atoms with Gasteiger partial charge < -0.3 is 20.1 Å². The van der Waals surface area contributed by atoms with Crippen LogP contribution in [0.25, 0.3) is 0 Å². The number of carbonyl (C=O) groups excluding carboxylic acids is 2. The Bertz CT molecular complexity index is 1110. The van der Waals surface area contributed by atoms with Gasteiger partial charge in [0.25, 0.3) is 5.91 Å². The number of nitrogens with zero attached hydrogens (tertiary/aromatic N) is 1.